The van der Waals surface area contributed by atoms with Crippen LogP contribution in [0.1, 0.15) is 50.1 Å². The third-order valence-electron chi connectivity index (χ3n) is 3.67. The minimum Gasteiger partial charge on any atom is -0.271 e. The van der Waals surface area contributed by atoms with E-state index in [9.17, 15) is 4.39 Å². The fraction of sp³-hybridized carbons (Fsp3) is 0.615. The Balaban J connectivity index is 2.03. The Morgan fingerprint density at radius 1 is 1.41 bits per heavy atom. The molecule has 3 nitrogen and oxygen atoms in total. The molecule has 0 saturated heterocycles. The van der Waals surface area contributed by atoms with Gasteiger partial charge in [0.1, 0.15) is 5.82 Å². The second-order valence-electron chi connectivity index (χ2n) is 4.86. The van der Waals surface area contributed by atoms with Gasteiger partial charge in [0.25, 0.3) is 0 Å². The van der Waals surface area contributed by atoms with Crippen LogP contribution in [0.25, 0.3) is 0 Å². The predicted octanol–water partition coefficient (Wildman–Crippen LogP) is 2.70. The number of hydrazine groups is 1. The van der Waals surface area contributed by atoms with Crippen molar-refractivity contribution in [1.29, 1.82) is 0 Å². The highest BCUT2D eigenvalue weighted by atomic mass is 19.1. The van der Waals surface area contributed by atoms with E-state index >= 15 is 0 Å². The summed E-state index contributed by atoms with van der Waals surface area (Å²) in [7, 11) is 0. The van der Waals surface area contributed by atoms with E-state index in [2.05, 4.69) is 10.4 Å². The average Bonchev–Trinajstić information content (AvgIpc) is 2.38. The number of nitrogens with two attached hydrogens (primary N) is 1. The molecule has 0 spiro atoms. The molecule has 0 radical (unpaired) electrons. The van der Waals surface area contributed by atoms with Gasteiger partial charge >= 0.3 is 0 Å². The zero-order valence-corrected chi connectivity index (χ0v) is 10.0. The first-order valence-corrected chi connectivity index (χ1v) is 6.37. The SMILES string of the molecule is NNC(CC1CCCCC1)c1ccncc1F. The number of hydrogen-bond acceptors (Lipinski definition) is 3. The second kappa shape index (κ2) is 6.07. The molecule has 2 rings (SSSR count). The molecule has 1 aliphatic rings. The van der Waals surface area contributed by atoms with Crippen molar-refractivity contribution < 1.29 is 4.39 Å². The van der Waals surface area contributed by atoms with Crippen molar-refractivity contribution in [2.24, 2.45) is 11.8 Å². The van der Waals surface area contributed by atoms with Gasteiger partial charge in [-0.2, -0.15) is 0 Å². The summed E-state index contributed by atoms with van der Waals surface area (Å²) in [5.74, 6) is 5.95. The van der Waals surface area contributed by atoms with Crippen molar-refractivity contribution in [1.82, 2.24) is 10.4 Å². The van der Waals surface area contributed by atoms with E-state index in [0.29, 0.717) is 11.5 Å². The Morgan fingerprint density at radius 2 is 2.18 bits per heavy atom. The molecular weight excluding hydrogens is 217 g/mol. The smallest absolute Gasteiger partial charge is 0.146 e. The molecule has 1 atom stereocenters. The van der Waals surface area contributed by atoms with Crippen LogP contribution < -0.4 is 11.3 Å². The van der Waals surface area contributed by atoms with E-state index < -0.39 is 0 Å². The van der Waals surface area contributed by atoms with Gasteiger partial charge in [0.2, 0.25) is 0 Å². The summed E-state index contributed by atoms with van der Waals surface area (Å²) in [4.78, 5) is 3.76. The van der Waals surface area contributed by atoms with Crippen LogP contribution in [0.2, 0.25) is 0 Å². The number of pyridine rings is 1. The number of halogens is 1. The van der Waals surface area contributed by atoms with Crippen LogP contribution in [-0.2, 0) is 0 Å². The summed E-state index contributed by atoms with van der Waals surface area (Å²) in [6.45, 7) is 0. The first kappa shape index (κ1) is 12.5. The standard InChI is InChI=1S/C13H20FN3/c14-12-9-16-7-6-11(12)13(17-15)8-10-4-2-1-3-5-10/h6-7,9-10,13,17H,1-5,8,15H2. The van der Waals surface area contributed by atoms with Gasteiger partial charge in [-0.1, -0.05) is 32.1 Å². The van der Waals surface area contributed by atoms with Crippen LogP contribution >= 0.6 is 0 Å². The molecule has 1 fully saturated rings. The number of rotatable bonds is 4. The predicted molar refractivity (Wildman–Crippen MR) is 65.5 cm³/mol. The van der Waals surface area contributed by atoms with Gasteiger partial charge in [-0.25, -0.2) is 4.39 Å². The molecule has 0 bridgehead atoms. The van der Waals surface area contributed by atoms with Gasteiger partial charge in [0.15, 0.2) is 0 Å². The molecule has 3 N–H and O–H groups in total. The lowest BCUT2D eigenvalue weighted by Crippen LogP contribution is -2.30. The molecule has 94 valence electrons. The zero-order valence-electron chi connectivity index (χ0n) is 10.0. The van der Waals surface area contributed by atoms with Crippen LogP contribution in [0.5, 0.6) is 0 Å². The summed E-state index contributed by atoms with van der Waals surface area (Å²) in [6, 6.07) is 1.61. The summed E-state index contributed by atoms with van der Waals surface area (Å²) in [5.41, 5.74) is 3.37. The summed E-state index contributed by atoms with van der Waals surface area (Å²) >= 11 is 0. The molecule has 0 aromatic carbocycles. The van der Waals surface area contributed by atoms with E-state index in [1.807, 2.05) is 0 Å². The lowest BCUT2D eigenvalue weighted by atomic mass is 9.83. The van der Waals surface area contributed by atoms with Gasteiger partial charge in [-0.15, -0.1) is 0 Å². The monoisotopic (exact) mass is 237 g/mol. The second-order valence-corrected chi connectivity index (χ2v) is 4.86. The topological polar surface area (TPSA) is 50.9 Å². The minimum absolute atomic E-state index is 0.0962. The summed E-state index contributed by atoms with van der Waals surface area (Å²) < 4.78 is 13.6. The first-order chi connectivity index (χ1) is 8.31. The molecule has 1 aliphatic carbocycles. The maximum atomic E-state index is 13.6. The van der Waals surface area contributed by atoms with Gasteiger partial charge < -0.3 is 0 Å². The Hall–Kier alpha value is -1.00. The Labute approximate surface area is 102 Å². The van der Waals surface area contributed by atoms with Gasteiger partial charge in [-0.3, -0.25) is 16.3 Å². The van der Waals surface area contributed by atoms with Gasteiger partial charge in [-0.05, 0) is 18.4 Å². The molecule has 1 aromatic rings. The largest absolute Gasteiger partial charge is 0.271 e. The maximum Gasteiger partial charge on any atom is 0.146 e. The molecule has 1 saturated carbocycles. The fourth-order valence-corrected chi connectivity index (χ4v) is 2.71. The Morgan fingerprint density at radius 3 is 2.82 bits per heavy atom. The summed E-state index contributed by atoms with van der Waals surface area (Å²) in [6.07, 6.45) is 10.2. The quantitative estimate of drug-likeness (QED) is 0.625. The molecule has 4 heteroatoms. The van der Waals surface area contributed by atoms with Gasteiger partial charge in [0.05, 0.1) is 6.20 Å². The Kier molecular flexibility index (Phi) is 4.45. The van der Waals surface area contributed by atoms with Crippen molar-refractivity contribution in [3.8, 4) is 0 Å². The van der Waals surface area contributed by atoms with E-state index in [1.165, 1.54) is 38.3 Å². The third-order valence-corrected chi connectivity index (χ3v) is 3.67. The molecule has 0 aliphatic heterocycles. The van der Waals surface area contributed by atoms with Crippen molar-refractivity contribution in [3.63, 3.8) is 0 Å². The van der Waals surface area contributed by atoms with Crippen molar-refractivity contribution in [2.75, 3.05) is 0 Å². The van der Waals surface area contributed by atoms with E-state index in [-0.39, 0.29) is 11.9 Å². The van der Waals surface area contributed by atoms with Crippen molar-refractivity contribution in [3.05, 3.63) is 29.8 Å². The average molecular weight is 237 g/mol. The number of nitrogens with zero attached hydrogens (tertiary/aromatic N) is 1. The third kappa shape index (κ3) is 3.23. The van der Waals surface area contributed by atoms with Gasteiger partial charge in [0, 0.05) is 17.8 Å². The molecular formula is C13H20FN3. The highest BCUT2D eigenvalue weighted by molar-refractivity contribution is 5.17. The van der Waals surface area contributed by atoms with Crippen LogP contribution in [0.3, 0.4) is 0 Å². The molecule has 17 heavy (non-hydrogen) atoms. The molecule has 1 unspecified atom stereocenters. The first-order valence-electron chi connectivity index (χ1n) is 6.37. The number of hydrogen-bond donors (Lipinski definition) is 2. The van der Waals surface area contributed by atoms with Crippen LogP contribution in [-0.4, -0.2) is 4.98 Å². The number of nitrogens with one attached hydrogen (secondary N) is 1. The fourth-order valence-electron chi connectivity index (χ4n) is 2.71. The van der Waals surface area contributed by atoms with Crippen LogP contribution in [0, 0.1) is 11.7 Å². The highest BCUT2D eigenvalue weighted by Crippen LogP contribution is 2.32. The molecule has 0 amide bonds. The van der Waals surface area contributed by atoms with Crippen molar-refractivity contribution in [2.45, 2.75) is 44.6 Å². The van der Waals surface area contributed by atoms with Crippen LogP contribution in [0.4, 0.5) is 4.39 Å². The van der Waals surface area contributed by atoms with Crippen LogP contribution in [0.15, 0.2) is 18.5 Å². The highest BCUT2D eigenvalue weighted by Gasteiger charge is 2.21. The lowest BCUT2D eigenvalue weighted by molar-refractivity contribution is 0.298. The maximum absolute atomic E-state index is 13.6. The number of aromatic nitrogens is 1. The van der Waals surface area contributed by atoms with E-state index in [1.54, 1.807) is 12.3 Å². The normalized spacial score (nSPS) is 19.2. The molecule has 1 heterocycles. The zero-order chi connectivity index (χ0) is 12.1. The molecule has 1 aromatic heterocycles. The summed E-state index contributed by atoms with van der Waals surface area (Å²) in [5, 5.41) is 0. The van der Waals surface area contributed by atoms with E-state index in [0.717, 1.165) is 6.42 Å². The van der Waals surface area contributed by atoms with Crippen molar-refractivity contribution >= 4 is 0 Å². The minimum atomic E-state index is -0.272. The Bertz CT molecular complexity index is 350. The lowest BCUT2D eigenvalue weighted by Gasteiger charge is -2.26. The van der Waals surface area contributed by atoms with E-state index in [4.69, 9.17) is 5.84 Å².